The number of para-hydroxylation sites is 8. The number of hydrogen-bond donors (Lipinski definition) is 0. The van der Waals surface area contributed by atoms with Crippen LogP contribution in [0.4, 0.5) is 0 Å². The number of aryl methyl sites for hydroxylation is 3. The molecule has 0 amide bonds. The summed E-state index contributed by atoms with van der Waals surface area (Å²) in [4.78, 5) is 32.9. The van der Waals surface area contributed by atoms with E-state index >= 15 is 0 Å². The van der Waals surface area contributed by atoms with Crippen LogP contribution in [0.15, 0.2) is 292 Å². The lowest BCUT2D eigenvalue weighted by molar-refractivity contribution is 1.01. The predicted octanol–water partition coefficient (Wildman–Crippen LogP) is 18.1. The molecule has 0 N–H and O–H groups in total. The Kier molecular flexibility index (Phi) is 12.0. The van der Waals surface area contributed by atoms with Gasteiger partial charge in [0.25, 0.3) is 6.71 Å². The smallest absolute Gasteiger partial charge is 0.293 e. The van der Waals surface area contributed by atoms with Crippen molar-refractivity contribution < 1.29 is 0 Å². The van der Waals surface area contributed by atoms with Crippen LogP contribution < -0.4 is 16.6 Å². The van der Waals surface area contributed by atoms with Gasteiger partial charge in [-0.15, -0.1) is 0 Å². The van der Waals surface area contributed by atoms with Gasteiger partial charge < -0.3 is 0 Å². The van der Waals surface area contributed by atoms with Crippen LogP contribution in [0.5, 0.6) is 0 Å². The van der Waals surface area contributed by atoms with E-state index in [1.807, 2.05) is 24.8 Å². The highest BCUT2D eigenvalue weighted by Crippen LogP contribution is 2.45. The summed E-state index contributed by atoms with van der Waals surface area (Å²) in [5.41, 5.74) is 18.9. The van der Waals surface area contributed by atoms with Crippen LogP contribution in [-0.2, 0) is 0 Å². The van der Waals surface area contributed by atoms with E-state index in [4.69, 9.17) is 29.9 Å². The lowest BCUT2D eigenvalue weighted by Crippen LogP contribution is -2.56. The molecule has 0 fully saturated rings. The fourth-order valence-corrected chi connectivity index (χ4v) is 17.0. The molecule has 0 atom stereocenters. The Morgan fingerprint density at radius 3 is 0.780 bits per heavy atom. The van der Waals surface area contributed by atoms with Gasteiger partial charge >= 0.3 is 0 Å². The Balaban J connectivity index is 0.723. The van der Waals surface area contributed by atoms with Gasteiger partial charge in [0.2, 0.25) is 0 Å². The summed E-state index contributed by atoms with van der Waals surface area (Å²) in [6.07, 6.45) is 7.63. The molecule has 0 radical (unpaired) electrons. The van der Waals surface area contributed by atoms with Crippen molar-refractivity contribution in [1.82, 2.24) is 57.3 Å². The first-order chi connectivity index (χ1) is 49.4. The normalized spacial score (nSPS) is 12.2. The summed E-state index contributed by atoms with van der Waals surface area (Å²) in [6.45, 7) is 6.10. The summed E-state index contributed by atoms with van der Waals surface area (Å²) in [7, 11) is 0. The van der Waals surface area contributed by atoms with Crippen molar-refractivity contribution in [1.29, 1.82) is 0 Å². The first-order valence-electron chi connectivity index (χ1n) is 34.0. The van der Waals surface area contributed by atoms with Gasteiger partial charge in [0.05, 0.1) is 78.6 Å². The van der Waals surface area contributed by atoms with Crippen LogP contribution in [0.1, 0.15) is 16.7 Å². The number of benzene rings is 11. The molecule has 100 heavy (non-hydrogen) atoms. The Bertz CT molecular complexity index is 6540. The van der Waals surface area contributed by atoms with Gasteiger partial charge in [-0.25, -0.2) is 19.9 Å². The second kappa shape index (κ2) is 21.4. The predicted molar refractivity (Wildman–Crippen MR) is 411 cm³/mol. The molecule has 0 aliphatic carbocycles. The molecule has 0 aliphatic heterocycles. The number of fused-ring (bicyclic) bond motifs is 20. The third-order valence-corrected chi connectivity index (χ3v) is 20.8. The van der Waals surface area contributed by atoms with Gasteiger partial charge in [-0.05, 0) is 118 Å². The van der Waals surface area contributed by atoms with Crippen molar-refractivity contribution in [3.05, 3.63) is 308 Å². The zero-order valence-electron chi connectivity index (χ0n) is 54.7. The van der Waals surface area contributed by atoms with Crippen LogP contribution in [-0.4, -0.2) is 64.0 Å². The molecule has 0 unspecified atom stereocenters. The molecule has 21 aromatic rings. The molecule has 11 aromatic carbocycles. The van der Waals surface area contributed by atoms with Crippen LogP contribution in [0.3, 0.4) is 0 Å². The van der Waals surface area contributed by atoms with Crippen molar-refractivity contribution in [2.24, 2.45) is 0 Å². The number of pyridine rings is 2. The number of nitrogens with zero attached hydrogens (tertiary/aromatic N) is 12. The van der Waals surface area contributed by atoms with E-state index in [2.05, 4.69) is 315 Å². The van der Waals surface area contributed by atoms with E-state index < -0.39 is 6.71 Å². The lowest BCUT2D eigenvalue weighted by Gasteiger charge is -2.20. The monoisotopic (exact) mass is 1280 g/mol. The van der Waals surface area contributed by atoms with E-state index in [1.165, 1.54) is 27.1 Å². The first kappa shape index (κ1) is 56.0. The van der Waals surface area contributed by atoms with Gasteiger partial charge in [0, 0.05) is 88.2 Å². The third-order valence-electron chi connectivity index (χ3n) is 20.8. The SMILES string of the molecule is Cc1cc(C)c(B(c2cncc(-n3c4ccccc4c4c5c6ccccc6n(-c6cccc(-n7c8ccccc8c8ccccc87)n6)c5ccc43)n2)c2cncc(-n3c4ccccc4c4c5c6ccccc6n(-c6cccc(-n7c8ccccc8c8ccccc87)n6)c5ccc43)n2)c(C)c1. The average Bonchev–Trinajstić information content (AvgIpc) is 1.55. The molecule has 0 saturated heterocycles. The minimum atomic E-state index is -0.465. The summed E-state index contributed by atoms with van der Waals surface area (Å²) >= 11 is 0. The second-order valence-electron chi connectivity index (χ2n) is 26.4. The molecule has 0 spiro atoms. The van der Waals surface area contributed by atoms with Crippen LogP contribution in [0.2, 0.25) is 0 Å². The number of hydrogen-bond acceptors (Lipinski definition) is 6. The number of rotatable bonds is 9. The van der Waals surface area contributed by atoms with Crippen molar-refractivity contribution in [3.8, 4) is 34.9 Å². The van der Waals surface area contributed by atoms with Crippen LogP contribution in [0, 0.1) is 20.8 Å². The van der Waals surface area contributed by atoms with Gasteiger partial charge in [-0.1, -0.05) is 192 Å². The zero-order valence-corrected chi connectivity index (χ0v) is 54.7. The minimum absolute atomic E-state index is 0.465. The van der Waals surface area contributed by atoms with Crippen molar-refractivity contribution in [2.75, 3.05) is 0 Å². The summed E-state index contributed by atoms with van der Waals surface area (Å²) < 4.78 is 13.8. The van der Waals surface area contributed by atoms with Crippen molar-refractivity contribution in [2.45, 2.75) is 20.8 Å². The molecule has 12 nitrogen and oxygen atoms in total. The molecule has 0 aliphatic rings. The standard InChI is InChI=1S/C87H57BN12/c1-52-46-53(2)87(54(3)47-52)88(75-48-89-50-81(91-75)99-69-36-18-10-28-61(69)85-73(99)44-42-71-83(85)59-26-8-16-34-67(59)97(71)79-40-20-38-77(93-79)95-63-30-12-4-22-55(63)56-23-5-13-31-64(56)95)76-49-90-51-82(92-76)100-70-37-19-11-29-62(70)86-74(100)45-43-72-84(86)60-27-9-17-35-68(60)98(72)80-41-21-39-78(94-80)96-65-32-14-6-24-57(65)58-25-7-15-33-66(58)96/h4-51H,1-3H3. The van der Waals surface area contributed by atoms with Crippen LogP contribution in [0.25, 0.3) is 166 Å². The van der Waals surface area contributed by atoms with Gasteiger partial charge in [0.1, 0.15) is 23.3 Å². The van der Waals surface area contributed by atoms with Crippen molar-refractivity contribution in [3.63, 3.8) is 0 Å². The second-order valence-corrected chi connectivity index (χ2v) is 26.4. The van der Waals surface area contributed by atoms with Gasteiger partial charge in [-0.3, -0.25) is 37.4 Å². The molecule has 0 saturated carbocycles. The average molecular weight is 1280 g/mol. The van der Waals surface area contributed by atoms with E-state index in [0.717, 1.165) is 160 Å². The topological polar surface area (TPSA) is 107 Å². The van der Waals surface area contributed by atoms with E-state index in [0.29, 0.717) is 11.6 Å². The summed E-state index contributed by atoms with van der Waals surface area (Å²) in [5, 5.41) is 13.8. The zero-order chi connectivity index (χ0) is 66.0. The highest BCUT2D eigenvalue weighted by molar-refractivity contribution is 6.95. The highest BCUT2D eigenvalue weighted by Gasteiger charge is 2.32. The lowest BCUT2D eigenvalue weighted by atomic mass is 9.39. The summed E-state index contributed by atoms with van der Waals surface area (Å²) in [6, 6.07) is 95.5. The Morgan fingerprint density at radius 1 is 0.230 bits per heavy atom. The van der Waals surface area contributed by atoms with Gasteiger partial charge in [-0.2, -0.15) is 0 Å². The third kappa shape index (κ3) is 7.99. The minimum Gasteiger partial charge on any atom is -0.294 e. The fraction of sp³-hybridized carbons (Fsp3) is 0.0345. The highest BCUT2D eigenvalue weighted by atomic mass is 15.2. The molecule has 13 heteroatoms. The fourth-order valence-electron chi connectivity index (χ4n) is 17.0. The maximum atomic E-state index is 5.77. The Morgan fingerprint density at radius 2 is 0.480 bits per heavy atom. The van der Waals surface area contributed by atoms with E-state index in [9.17, 15) is 0 Å². The van der Waals surface area contributed by atoms with E-state index in [1.54, 1.807) is 0 Å². The molecule has 0 bridgehead atoms. The maximum Gasteiger partial charge on any atom is 0.293 e. The molecule has 10 aromatic heterocycles. The van der Waals surface area contributed by atoms with Crippen molar-refractivity contribution >= 4 is 154 Å². The Hall–Kier alpha value is -13.3. The molecular weight excluding hydrogens is 1220 g/mol. The molecule has 21 rings (SSSR count). The number of aromatic nitrogens is 12. The molecule has 10 heterocycles. The Labute approximate surface area is 572 Å². The first-order valence-corrected chi connectivity index (χ1v) is 34.0. The quantitative estimate of drug-likeness (QED) is 0.133. The molecule has 468 valence electrons. The van der Waals surface area contributed by atoms with E-state index in [-0.39, 0.29) is 0 Å². The molecular formula is C87H57BN12. The maximum absolute atomic E-state index is 5.77. The largest absolute Gasteiger partial charge is 0.294 e. The summed E-state index contributed by atoms with van der Waals surface area (Å²) in [5.74, 6) is 4.76. The van der Waals surface area contributed by atoms with Crippen LogP contribution >= 0.6 is 0 Å². The van der Waals surface area contributed by atoms with Gasteiger partial charge in [0.15, 0.2) is 11.6 Å².